The molecular formula is C28H33ClFN3O7. The number of anilines is 1. The van der Waals surface area contributed by atoms with Crippen molar-refractivity contribution in [2.24, 2.45) is 0 Å². The zero-order valence-corrected chi connectivity index (χ0v) is 23.8. The van der Waals surface area contributed by atoms with Crippen molar-refractivity contribution < 1.29 is 38.1 Å². The number of benzene rings is 2. The number of carboxylic acid groups (broad SMARTS) is 1. The van der Waals surface area contributed by atoms with Crippen LogP contribution in [-0.4, -0.2) is 59.4 Å². The van der Waals surface area contributed by atoms with E-state index in [9.17, 15) is 14.4 Å². The predicted molar refractivity (Wildman–Crippen MR) is 148 cm³/mol. The van der Waals surface area contributed by atoms with Crippen LogP contribution >= 0.6 is 12.4 Å². The van der Waals surface area contributed by atoms with Crippen LogP contribution in [0.15, 0.2) is 18.2 Å². The molecule has 0 saturated carbocycles. The van der Waals surface area contributed by atoms with E-state index in [4.69, 9.17) is 24.7 Å². The summed E-state index contributed by atoms with van der Waals surface area (Å²) < 4.78 is 32.2. The molecule has 1 unspecified atom stereocenters. The minimum atomic E-state index is -1.20. The number of nitrogens with zero attached hydrogens (tertiary/aromatic N) is 1. The zero-order valence-electron chi connectivity index (χ0n) is 23.0. The Morgan fingerprint density at radius 3 is 2.48 bits per heavy atom. The molecule has 1 atom stereocenters. The molecule has 3 N–H and O–H groups in total. The third kappa shape index (κ3) is 5.84. The van der Waals surface area contributed by atoms with Gasteiger partial charge in [-0.05, 0) is 43.0 Å². The summed E-state index contributed by atoms with van der Waals surface area (Å²) in [5.74, 6) is -2.46. The normalized spacial score (nSPS) is 15.8. The molecule has 2 aromatic carbocycles. The first-order valence-electron chi connectivity index (χ1n) is 12.7. The van der Waals surface area contributed by atoms with Gasteiger partial charge in [-0.15, -0.1) is 12.4 Å². The number of amides is 1. The molecule has 216 valence electrons. The molecule has 0 aliphatic carbocycles. The molecule has 1 amide bonds. The van der Waals surface area contributed by atoms with Gasteiger partial charge in [-0.3, -0.25) is 19.8 Å². The largest absolute Gasteiger partial charge is 0.490 e. The van der Waals surface area contributed by atoms with Crippen LogP contribution in [0, 0.1) is 11.2 Å². The first-order chi connectivity index (χ1) is 18.3. The first-order valence-corrected chi connectivity index (χ1v) is 12.7. The molecule has 10 nitrogen and oxygen atoms in total. The second-order valence-corrected chi connectivity index (χ2v) is 10.4. The number of fused-ring (bicyclic) bond motifs is 2. The van der Waals surface area contributed by atoms with Crippen molar-refractivity contribution in [3.05, 3.63) is 46.3 Å². The van der Waals surface area contributed by atoms with Gasteiger partial charge in [0.15, 0.2) is 29.2 Å². The quantitative estimate of drug-likeness (QED) is 0.369. The maximum Gasteiger partial charge on any atom is 0.307 e. The number of halogens is 2. The first kappa shape index (κ1) is 30.7. The van der Waals surface area contributed by atoms with Crippen molar-refractivity contribution in [2.45, 2.75) is 59.1 Å². The Hall–Kier alpha value is -3.86. The molecule has 0 bridgehead atoms. The summed E-state index contributed by atoms with van der Waals surface area (Å²) in [5, 5.41) is 20.4. The molecule has 4 rings (SSSR count). The second-order valence-electron chi connectivity index (χ2n) is 10.4. The topological polar surface area (TPSA) is 138 Å². The Kier molecular flexibility index (Phi) is 8.98. The van der Waals surface area contributed by atoms with Gasteiger partial charge in [0.2, 0.25) is 0 Å². The Morgan fingerprint density at radius 1 is 1.20 bits per heavy atom. The number of aliphatic carboxylic acids is 1. The number of ether oxygens (including phenoxy) is 3. The lowest BCUT2D eigenvalue weighted by Crippen LogP contribution is -2.39. The second kappa shape index (κ2) is 11.7. The van der Waals surface area contributed by atoms with Crippen LogP contribution < -0.4 is 19.5 Å². The number of carbonyl (C=O) groups is 3. The zero-order chi connectivity index (χ0) is 28.6. The Labute approximate surface area is 237 Å². The van der Waals surface area contributed by atoms with Gasteiger partial charge in [0.25, 0.3) is 5.91 Å². The number of amidine groups is 1. The fourth-order valence-corrected chi connectivity index (χ4v) is 4.69. The van der Waals surface area contributed by atoms with Crippen LogP contribution in [0.4, 0.5) is 10.1 Å². The molecule has 2 heterocycles. The van der Waals surface area contributed by atoms with Crippen molar-refractivity contribution in [1.82, 2.24) is 4.90 Å². The van der Waals surface area contributed by atoms with Crippen LogP contribution in [0.2, 0.25) is 0 Å². The minimum Gasteiger partial charge on any atom is -0.490 e. The van der Waals surface area contributed by atoms with E-state index in [-0.39, 0.29) is 72.0 Å². The number of carboxylic acids is 1. The maximum absolute atomic E-state index is 15.4. The van der Waals surface area contributed by atoms with Crippen LogP contribution in [0.3, 0.4) is 0 Å². The number of nitrogens with one attached hydrogen (secondary N) is 2. The van der Waals surface area contributed by atoms with Crippen molar-refractivity contribution in [1.29, 1.82) is 5.41 Å². The Morgan fingerprint density at radius 2 is 1.88 bits per heavy atom. The van der Waals surface area contributed by atoms with Gasteiger partial charge in [-0.25, -0.2) is 4.39 Å². The van der Waals surface area contributed by atoms with E-state index in [1.807, 2.05) is 20.8 Å². The van der Waals surface area contributed by atoms with Crippen LogP contribution in [0.1, 0.15) is 68.1 Å². The smallest absolute Gasteiger partial charge is 0.307 e. The van der Waals surface area contributed by atoms with Crippen LogP contribution in [0.5, 0.6) is 17.2 Å². The highest BCUT2D eigenvalue weighted by Gasteiger charge is 2.36. The number of Topliss-reactive ketones (excluding diaryl/α,β-unsaturated/α-hetero) is 1. The van der Waals surface area contributed by atoms with E-state index in [1.165, 1.54) is 11.0 Å². The molecule has 2 aliphatic heterocycles. The van der Waals surface area contributed by atoms with Crippen molar-refractivity contribution in [3.8, 4) is 17.2 Å². The van der Waals surface area contributed by atoms with Gasteiger partial charge in [0, 0.05) is 17.7 Å². The van der Waals surface area contributed by atoms with E-state index in [2.05, 4.69) is 5.32 Å². The fourth-order valence-electron chi connectivity index (χ4n) is 4.69. The average molecular weight is 578 g/mol. The average Bonchev–Trinajstić information content (AvgIpc) is 3.15. The molecule has 0 fully saturated rings. The highest BCUT2D eigenvalue weighted by Crippen LogP contribution is 2.42. The molecule has 0 spiro atoms. The van der Waals surface area contributed by atoms with Gasteiger partial charge in [-0.1, -0.05) is 20.8 Å². The number of carbonyl (C=O) groups excluding carboxylic acids is 2. The number of hydrogen-bond acceptors (Lipinski definition) is 7. The molecule has 2 aliphatic rings. The van der Waals surface area contributed by atoms with Gasteiger partial charge in [0.05, 0.1) is 37.4 Å². The summed E-state index contributed by atoms with van der Waals surface area (Å²) in [6.07, 6.45) is -1.70. The van der Waals surface area contributed by atoms with Crippen molar-refractivity contribution in [2.75, 3.05) is 25.1 Å². The Bertz CT molecular complexity index is 1370. The summed E-state index contributed by atoms with van der Waals surface area (Å²) in [6, 6.07) is 4.78. The maximum atomic E-state index is 15.4. The summed E-state index contributed by atoms with van der Waals surface area (Å²) in [4.78, 5) is 38.6. The van der Waals surface area contributed by atoms with E-state index in [1.54, 1.807) is 26.0 Å². The van der Waals surface area contributed by atoms with Gasteiger partial charge >= 0.3 is 5.97 Å². The summed E-state index contributed by atoms with van der Waals surface area (Å²) in [5.41, 5.74) is 1.23. The molecule has 0 radical (unpaired) electrons. The van der Waals surface area contributed by atoms with E-state index in [0.717, 1.165) is 0 Å². The number of hydrogen-bond donors (Lipinski definition) is 3. The molecule has 12 heteroatoms. The molecule has 2 aromatic rings. The third-order valence-electron chi connectivity index (χ3n) is 6.50. The van der Waals surface area contributed by atoms with E-state index < -0.39 is 35.6 Å². The monoisotopic (exact) mass is 577 g/mol. The number of rotatable bonds is 9. The predicted octanol–water partition coefficient (Wildman–Crippen LogP) is 4.54. The van der Waals surface area contributed by atoms with Gasteiger partial charge < -0.3 is 29.5 Å². The summed E-state index contributed by atoms with van der Waals surface area (Å²) in [6.45, 7) is 9.68. The molecule has 40 heavy (non-hydrogen) atoms. The van der Waals surface area contributed by atoms with Crippen LogP contribution in [-0.2, 0) is 21.5 Å². The van der Waals surface area contributed by atoms with Crippen molar-refractivity contribution in [3.63, 3.8) is 0 Å². The summed E-state index contributed by atoms with van der Waals surface area (Å²) in [7, 11) is 0. The standard InChI is InChI=1S/C28H32FN3O7.ClH/c1-6-37-19-10-15-12-32(26(30)22(15)23(29)25(19)38-7-2)13-18(33)14-8-16(28(3,4)5)24-17(9-14)31-27(36)20(39-24)11-21(34)35;/h8-10,20,30H,6-7,11-13H2,1-5H3,(H,31,36)(H,34,35);1H. The lowest BCUT2D eigenvalue weighted by Gasteiger charge is -2.31. The molecular weight excluding hydrogens is 545 g/mol. The minimum absolute atomic E-state index is 0. The Balaban J connectivity index is 0.00000441. The SMILES string of the molecule is CCOc1cc2c(c(F)c1OCC)C(=N)N(CC(=O)c1cc3c(c(C(C)(C)C)c1)OC(CC(=O)O)C(=O)N3)C2.Cl. The summed E-state index contributed by atoms with van der Waals surface area (Å²) >= 11 is 0. The highest BCUT2D eigenvalue weighted by atomic mass is 35.5. The van der Waals surface area contributed by atoms with Crippen molar-refractivity contribution >= 4 is 41.6 Å². The van der Waals surface area contributed by atoms with E-state index >= 15 is 4.39 Å². The van der Waals surface area contributed by atoms with Gasteiger partial charge in [-0.2, -0.15) is 0 Å². The lowest BCUT2D eigenvalue weighted by atomic mass is 9.84. The van der Waals surface area contributed by atoms with E-state index in [0.29, 0.717) is 23.5 Å². The van der Waals surface area contributed by atoms with Gasteiger partial charge in [0.1, 0.15) is 11.6 Å². The molecule has 0 aromatic heterocycles. The third-order valence-corrected chi connectivity index (χ3v) is 6.50. The highest BCUT2D eigenvalue weighted by molar-refractivity contribution is 6.07. The molecule has 0 saturated heterocycles. The fraction of sp³-hybridized carbons (Fsp3) is 0.429. The number of ketones is 1. The lowest BCUT2D eigenvalue weighted by molar-refractivity contribution is -0.142. The van der Waals surface area contributed by atoms with Crippen LogP contribution in [0.25, 0.3) is 0 Å².